The zero-order chi connectivity index (χ0) is 27.9. The molecule has 0 radical (unpaired) electrons. The number of nitrogens with one attached hydrogen (secondary N) is 2. The molecule has 2 heterocycles. The number of hydrogen-bond acceptors (Lipinski definition) is 9. The molecule has 210 valence electrons. The maximum Gasteiger partial charge on any atom is 0.267 e. The maximum absolute atomic E-state index is 11.7. The van der Waals surface area contributed by atoms with E-state index in [1.54, 1.807) is 37.6 Å². The van der Waals surface area contributed by atoms with Gasteiger partial charge in [0, 0.05) is 62.0 Å². The molecule has 1 amide bonds. The fourth-order valence-corrected chi connectivity index (χ4v) is 4.95. The number of aromatic nitrogens is 2. The first-order valence-corrected chi connectivity index (χ1v) is 13.6. The number of ether oxygens (including phenoxy) is 3. The molecule has 2 N–H and O–H groups in total. The van der Waals surface area contributed by atoms with Gasteiger partial charge in [0.1, 0.15) is 5.75 Å². The Balaban J connectivity index is 1.27. The third-order valence-electron chi connectivity index (χ3n) is 7.06. The van der Waals surface area contributed by atoms with Crippen molar-refractivity contribution in [2.24, 2.45) is 0 Å². The van der Waals surface area contributed by atoms with Crippen LogP contribution in [-0.4, -0.2) is 73.3 Å². The second-order valence-corrected chi connectivity index (χ2v) is 9.94. The van der Waals surface area contributed by atoms with Crippen molar-refractivity contribution in [1.29, 1.82) is 0 Å². The molecule has 1 aromatic heterocycles. The number of carbonyl (C=O) groups excluding carboxylic acids is 1. The van der Waals surface area contributed by atoms with Gasteiger partial charge in [-0.25, -0.2) is 4.98 Å². The van der Waals surface area contributed by atoms with E-state index in [4.69, 9.17) is 14.2 Å². The average Bonchev–Trinajstić information content (AvgIpc) is 3.70. The van der Waals surface area contributed by atoms with Crippen molar-refractivity contribution in [3.63, 3.8) is 0 Å². The van der Waals surface area contributed by atoms with Crippen LogP contribution in [0.25, 0.3) is 0 Å². The summed E-state index contributed by atoms with van der Waals surface area (Å²) in [7, 11) is 3.29. The summed E-state index contributed by atoms with van der Waals surface area (Å²) in [6.45, 7) is 7.43. The smallest absolute Gasteiger partial charge is 0.267 e. The molecular formula is C30H36N6O4. The fourth-order valence-electron chi connectivity index (χ4n) is 4.95. The van der Waals surface area contributed by atoms with Crippen molar-refractivity contribution in [2.45, 2.75) is 31.3 Å². The molecule has 0 bridgehead atoms. The molecule has 3 aromatic rings. The molecule has 1 saturated carbocycles. The highest BCUT2D eigenvalue weighted by atomic mass is 16.5. The van der Waals surface area contributed by atoms with Gasteiger partial charge in [0.25, 0.3) is 5.88 Å². The lowest BCUT2D eigenvalue weighted by Gasteiger charge is -2.31. The number of hydrogen-bond donors (Lipinski definition) is 2. The second kappa shape index (κ2) is 12.8. The van der Waals surface area contributed by atoms with Gasteiger partial charge in [-0.1, -0.05) is 12.6 Å². The van der Waals surface area contributed by atoms with Crippen LogP contribution in [0.1, 0.15) is 19.3 Å². The van der Waals surface area contributed by atoms with Crippen LogP contribution >= 0.6 is 0 Å². The van der Waals surface area contributed by atoms with E-state index in [1.807, 2.05) is 0 Å². The highest BCUT2D eigenvalue weighted by Gasteiger charge is 2.37. The van der Waals surface area contributed by atoms with Crippen molar-refractivity contribution >= 4 is 28.9 Å². The minimum Gasteiger partial charge on any atom is -0.490 e. The molecule has 40 heavy (non-hydrogen) atoms. The molecule has 2 aromatic carbocycles. The van der Waals surface area contributed by atoms with E-state index >= 15 is 0 Å². The van der Waals surface area contributed by atoms with Crippen LogP contribution in [0.3, 0.4) is 0 Å². The molecule has 10 nitrogen and oxygen atoms in total. The number of amides is 1. The molecule has 1 aliphatic carbocycles. The molecule has 1 aliphatic heterocycles. The van der Waals surface area contributed by atoms with E-state index in [0.717, 1.165) is 31.9 Å². The quantitative estimate of drug-likeness (QED) is 0.293. The zero-order valence-corrected chi connectivity index (χ0v) is 23.0. The Morgan fingerprint density at radius 1 is 1.12 bits per heavy atom. The molecular weight excluding hydrogens is 508 g/mol. The van der Waals surface area contributed by atoms with E-state index in [1.165, 1.54) is 38.1 Å². The van der Waals surface area contributed by atoms with Crippen LogP contribution in [0, 0.1) is 0 Å². The number of carbonyl (C=O) groups is 1. The van der Waals surface area contributed by atoms with Gasteiger partial charge in [-0.05, 0) is 61.7 Å². The predicted octanol–water partition coefficient (Wildman–Crippen LogP) is 4.84. The summed E-state index contributed by atoms with van der Waals surface area (Å²) in [5.74, 6) is 1.20. The highest BCUT2D eigenvalue weighted by Crippen LogP contribution is 2.37. The molecule has 2 fully saturated rings. The Morgan fingerprint density at radius 2 is 1.95 bits per heavy atom. The third kappa shape index (κ3) is 6.88. The fraction of sp³-hybridized carbons (Fsp3) is 0.367. The summed E-state index contributed by atoms with van der Waals surface area (Å²) >= 11 is 0. The topological polar surface area (TPSA) is 101 Å². The predicted molar refractivity (Wildman–Crippen MR) is 156 cm³/mol. The Bertz CT molecular complexity index is 1310. The summed E-state index contributed by atoms with van der Waals surface area (Å²) < 4.78 is 16.7. The minimum absolute atomic E-state index is 0.253. The van der Waals surface area contributed by atoms with Gasteiger partial charge in [-0.3, -0.25) is 9.69 Å². The number of nitrogens with zero attached hydrogens (tertiary/aromatic N) is 4. The number of rotatable bonds is 13. The van der Waals surface area contributed by atoms with Crippen molar-refractivity contribution in [3.05, 3.63) is 67.4 Å². The molecule has 0 spiro atoms. The summed E-state index contributed by atoms with van der Waals surface area (Å²) in [6, 6.07) is 16.6. The summed E-state index contributed by atoms with van der Waals surface area (Å²) in [6.07, 6.45) is 6.45. The lowest BCUT2D eigenvalue weighted by atomic mass is 10.1. The first-order valence-electron chi connectivity index (χ1n) is 13.6. The lowest BCUT2D eigenvalue weighted by molar-refractivity contribution is -0.111. The van der Waals surface area contributed by atoms with Crippen molar-refractivity contribution < 1.29 is 19.0 Å². The lowest BCUT2D eigenvalue weighted by Crippen LogP contribution is -2.39. The Kier molecular flexibility index (Phi) is 8.78. The Morgan fingerprint density at radius 3 is 2.67 bits per heavy atom. The number of likely N-dealkylation sites (tertiary alicyclic amines) is 1. The van der Waals surface area contributed by atoms with Gasteiger partial charge in [-0.15, -0.1) is 0 Å². The van der Waals surface area contributed by atoms with Crippen molar-refractivity contribution in [1.82, 2.24) is 14.9 Å². The first kappa shape index (κ1) is 27.4. The van der Waals surface area contributed by atoms with Crippen LogP contribution in [-0.2, 0) is 9.53 Å². The van der Waals surface area contributed by atoms with Crippen LogP contribution in [0.15, 0.2) is 67.4 Å². The largest absolute Gasteiger partial charge is 0.490 e. The van der Waals surface area contributed by atoms with Crippen LogP contribution in [0.2, 0.25) is 0 Å². The molecule has 1 unspecified atom stereocenters. The van der Waals surface area contributed by atoms with Crippen LogP contribution in [0.5, 0.6) is 17.4 Å². The van der Waals surface area contributed by atoms with E-state index in [0.29, 0.717) is 35.2 Å². The van der Waals surface area contributed by atoms with E-state index in [2.05, 4.69) is 61.2 Å². The molecule has 1 saturated heterocycles. The van der Waals surface area contributed by atoms with Gasteiger partial charge in [0.05, 0.1) is 19.9 Å². The SMILES string of the molecule is C=CC(=O)Nc1cccc(Oc2nc(Nc3ccc(N(C4CC4)C4CCN(CCOC)C4)cc3)ncc2OC)c1. The molecule has 2 aliphatic rings. The summed E-state index contributed by atoms with van der Waals surface area (Å²) in [4.78, 5) is 25.7. The van der Waals surface area contributed by atoms with Gasteiger partial charge in [0.15, 0.2) is 5.75 Å². The summed E-state index contributed by atoms with van der Waals surface area (Å²) in [5, 5.41) is 5.99. The average molecular weight is 545 g/mol. The number of anilines is 4. The minimum atomic E-state index is -0.304. The van der Waals surface area contributed by atoms with Crippen LogP contribution < -0.4 is 25.0 Å². The second-order valence-electron chi connectivity index (χ2n) is 9.94. The van der Waals surface area contributed by atoms with Crippen molar-refractivity contribution in [3.8, 4) is 17.4 Å². The standard InChI is InChI=1S/C30H36N6O4/c1-4-28(37)32-22-6-5-7-26(18-22)40-29-27(39-3)19-31-30(34-29)33-21-8-10-23(11-9-21)36(24-12-13-24)25-14-15-35(20-25)16-17-38-2/h4-11,18-19,24-25H,1,12-17,20H2,2-3H3,(H,32,37)(H,31,33,34). The molecule has 10 heteroatoms. The number of methoxy groups -OCH3 is 2. The molecule has 5 rings (SSSR count). The molecule has 1 atom stereocenters. The third-order valence-corrected chi connectivity index (χ3v) is 7.06. The van der Waals surface area contributed by atoms with E-state index in [9.17, 15) is 4.79 Å². The normalized spacial score (nSPS) is 16.8. The highest BCUT2D eigenvalue weighted by molar-refractivity contribution is 5.98. The van der Waals surface area contributed by atoms with Gasteiger partial charge in [0.2, 0.25) is 11.9 Å². The maximum atomic E-state index is 11.7. The van der Waals surface area contributed by atoms with E-state index < -0.39 is 0 Å². The van der Waals surface area contributed by atoms with Crippen molar-refractivity contribution in [2.75, 3.05) is 56.0 Å². The van der Waals surface area contributed by atoms with Gasteiger partial charge < -0.3 is 29.7 Å². The monoisotopic (exact) mass is 544 g/mol. The Labute approximate surface area is 235 Å². The van der Waals surface area contributed by atoms with Crippen LogP contribution in [0.4, 0.5) is 23.0 Å². The van der Waals surface area contributed by atoms with E-state index in [-0.39, 0.29) is 11.8 Å². The Hall–Kier alpha value is -4.15. The summed E-state index contributed by atoms with van der Waals surface area (Å²) in [5.41, 5.74) is 2.70. The number of benzene rings is 2. The zero-order valence-electron chi connectivity index (χ0n) is 23.0. The first-order chi connectivity index (χ1) is 19.6. The van der Waals surface area contributed by atoms with Gasteiger partial charge in [-0.2, -0.15) is 4.98 Å². The van der Waals surface area contributed by atoms with Gasteiger partial charge >= 0.3 is 0 Å².